The van der Waals surface area contributed by atoms with Gasteiger partial charge < -0.3 is 10.5 Å². The van der Waals surface area contributed by atoms with Gasteiger partial charge in [-0.3, -0.25) is 4.79 Å². The largest absolute Gasteiger partial charge is 0.471 e. The summed E-state index contributed by atoms with van der Waals surface area (Å²) in [6, 6.07) is 0.295. The normalized spacial score (nSPS) is 18.4. The molecule has 3 nitrogen and oxygen atoms in total. The van der Waals surface area contributed by atoms with E-state index >= 15 is 0 Å². The van der Waals surface area contributed by atoms with Gasteiger partial charge in [-0.25, -0.2) is 0 Å². The first-order valence-corrected chi connectivity index (χ1v) is 7.23. The van der Waals surface area contributed by atoms with Crippen LogP contribution >= 0.6 is 0 Å². The van der Waals surface area contributed by atoms with E-state index < -0.39 is 0 Å². The van der Waals surface area contributed by atoms with Gasteiger partial charge in [0.25, 0.3) is 6.47 Å². The van der Waals surface area contributed by atoms with E-state index in [0.717, 1.165) is 19.3 Å². The fraction of sp³-hybridized carbons (Fsp3) is 0.588. The lowest BCUT2D eigenvalue weighted by atomic mass is 10.0. The molecule has 1 unspecified atom stereocenters. The van der Waals surface area contributed by atoms with E-state index in [0.29, 0.717) is 12.5 Å². The summed E-state index contributed by atoms with van der Waals surface area (Å²) in [6.07, 6.45) is 5.33. The van der Waals surface area contributed by atoms with Crippen LogP contribution in [0.1, 0.15) is 53.9 Å². The highest BCUT2D eigenvalue weighted by Gasteiger charge is 2.19. The second-order valence-electron chi connectivity index (χ2n) is 4.65. The van der Waals surface area contributed by atoms with E-state index in [4.69, 9.17) is 10.5 Å². The molecule has 0 aromatic heterocycles. The third kappa shape index (κ3) is 8.70. The van der Waals surface area contributed by atoms with Crippen molar-refractivity contribution in [3.05, 3.63) is 34.9 Å². The SMILES string of the molecule is C=C1CC(N)C/C1=C/C(CC)=C(C)C.CC.COC=O. The van der Waals surface area contributed by atoms with Crippen LogP contribution in [0.2, 0.25) is 0 Å². The predicted octanol–water partition coefficient (Wildman–Crippen LogP) is 4.15. The molecule has 0 spiro atoms. The van der Waals surface area contributed by atoms with Crippen molar-refractivity contribution in [3.8, 4) is 0 Å². The van der Waals surface area contributed by atoms with Crippen molar-refractivity contribution in [2.24, 2.45) is 5.73 Å². The number of nitrogens with two attached hydrogens (primary N) is 1. The fourth-order valence-electron chi connectivity index (χ4n) is 1.92. The Morgan fingerprint density at radius 2 is 1.90 bits per heavy atom. The van der Waals surface area contributed by atoms with Crippen LogP contribution in [0.3, 0.4) is 0 Å². The first kappa shape index (κ1) is 21.0. The first-order chi connectivity index (χ1) is 9.46. The van der Waals surface area contributed by atoms with Crippen LogP contribution in [0.25, 0.3) is 0 Å². The third-order valence-electron chi connectivity index (χ3n) is 2.91. The number of rotatable bonds is 3. The van der Waals surface area contributed by atoms with Gasteiger partial charge >= 0.3 is 0 Å². The maximum atomic E-state index is 8.95. The van der Waals surface area contributed by atoms with Crippen LogP contribution in [0.4, 0.5) is 0 Å². The molecule has 0 bridgehead atoms. The van der Waals surface area contributed by atoms with Gasteiger partial charge in [-0.1, -0.05) is 44.6 Å². The molecule has 1 atom stereocenters. The Morgan fingerprint density at radius 1 is 1.40 bits per heavy atom. The summed E-state index contributed by atoms with van der Waals surface area (Å²) in [4.78, 5) is 8.95. The topological polar surface area (TPSA) is 52.3 Å². The van der Waals surface area contributed by atoms with Crippen LogP contribution < -0.4 is 5.73 Å². The molecule has 1 rings (SSSR count). The molecule has 1 aliphatic rings. The van der Waals surface area contributed by atoms with Crippen molar-refractivity contribution in [1.82, 2.24) is 0 Å². The monoisotopic (exact) mass is 281 g/mol. The van der Waals surface area contributed by atoms with Crippen LogP contribution in [-0.2, 0) is 9.53 Å². The Morgan fingerprint density at radius 3 is 2.15 bits per heavy atom. The average molecular weight is 281 g/mol. The molecule has 0 heterocycles. The van der Waals surface area contributed by atoms with Gasteiger partial charge in [0.1, 0.15) is 0 Å². The summed E-state index contributed by atoms with van der Waals surface area (Å²) >= 11 is 0. The van der Waals surface area contributed by atoms with Crippen molar-refractivity contribution in [2.75, 3.05) is 7.11 Å². The van der Waals surface area contributed by atoms with Crippen molar-refractivity contribution < 1.29 is 9.53 Å². The van der Waals surface area contributed by atoms with E-state index in [1.165, 1.54) is 29.4 Å². The summed E-state index contributed by atoms with van der Waals surface area (Å²) in [6.45, 7) is 14.9. The van der Waals surface area contributed by atoms with Crippen LogP contribution in [0, 0.1) is 0 Å². The fourth-order valence-corrected chi connectivity index (χ4v) is 1.92. The molecule has 3 heteroatoms. The standard InChI is InChI=1S/C13H21N.C2H4O2.C2H6/c1-5-11(9(2)3)7-12-8-13(14)6-10(12)4;1-4-2-3;1-2/h7,13H,4-6,8,14H2,1-3H3;2H,1H3;1-2H3/b12-7-;;. The number of carbonyl (C=O) groups is 1. The molecular formula is C17H31NO2. The van der Waals surface area contributed by atoms with Gasteiger partial charge in [0.15, 0.2) is 0 Å². The van der Waals surface area contributed by atoms with Crippen molar-refractivity contribution in [2.45, 2.75) is 59.9 Å². The van der Waals surface area contributed by atoms with Gasteiger partial charge in [0.2, 0.25) is 0 Å². The minimum absolute atomic E-state index is 0.295. The lowest BCUT2D eigenvalue weighted by molar-refractivity contribution is -0.126. The molecule has 20 heavy (non-hydrogen) atoms. The number of carbonyl (C=O) groups excluding carboxylic acids is 1. The van der Waals surface area contributed by atoms with Crippen LogP contribution in [0.15, 0.2) is 34.9 Å². The number of hydrogen-bond donors (Lipinski definition) is 1. The Kier molecular flexibility index (Phi) is 13.3. The van der Waals surface area contributed by atoms with E-state index in [1.807, 2.05) is 13.8 Å². The summed E-state index contributed by atoms with van der Waals surface area (Å²) in [5, 5.41) is 0. The van der Waals surface area contributed by atoms with Crippen molar-refractivity contribution in [1.29, 1.82) is 0 Å². The second-order valence-corrected chi connectivity index (χ2v) is 4.65. The van der Waals surface area contributed by atoms with Gasteiger partial charge in [-0.05, 0) is 44.3 Å². The number of allylic oxidation sites excluding steroid dienone is 3. The number of hydrogen-bond acceptors (Lipinski definition) is 3. The number of ether oxygens (including phenoxy) is 1. The molecule has 0 amide bonds. The van der Waals surface area contributed by atoms with E-state index in [1.54, 1.807) is 0 Å². The maximum Gasteiger partial charge on any atom is 0.292 e. The zero-order valence-electron chi connectivity index (χ0n) is 14.0. The lowest BCUT2D eigenvalue weighted by Gasteiger charge is -2.04. The van der Waals surface area contributed by atoms with Crippen molar-refractivity contribution in [3.63, 3.8) is 0 Å². The van der Waals surface area contributed by atoms with Gasteiger partial charge in [-0.15, -0.1) is 0 Å². The van der Waals surface area contributed by atoms with Gasteiger partial charge in [0.05, 0.1) is 7.11 Å². The first-order valence-electron chi connectivity index (χ1n) is 7.23. The highest BCUT2D eigenvalue weighted by atomic mass is 16.5. The highest BCUT2D eigenvalue weighted by molar-refractivity contribution is 5.41. The maximum absolute atomic E-state index is 8.95. The van der Waals surface area contributed by atoms with E-state index in [2.05, 4.69) is 38.2 Å². The smallest absolute Gasteiger partial charge is 0.292 e. The summed E-state index contributed by atoms with van der Waals surface area (Å²) < 4.78 is 3.86. The summed E-state index contributed by atoms with van der Waals surface area (Å²) in [5.41, 5.74) is 11.3. The zero-order valence-corrected chi connectivity index (χ0v) is 14.0. The molecule has 116 valence electrons. The summed E-state index contributed by atoms with van der Waals surface area (Å²) in [7, 11) is 1.31. The molecular weight excluding hydrogens is 250 g/mol. The predicted molar refractivity (Wildman–Crippen MR) is 87.5 cm³/mol. The molecule has 0 aromatic rings. The minimum atomic E-state index is 0.295. The van der Waals surface area contributed by atoms with Crippen LogP contribution in [-0.4, -0.2) is 19.6 Å². The molecule has 0 saturated heterocycles. The van der Waals surface area contributed by atoms with E-state index in [-0.39, 0.29) is 0 Å². The minimum Gasteiger partial charge on any atom is -0.471 e. The Hall–Kier alpha value is -1.35. The lowest BCUT2D eigenvalue weighted by Crippen LogP contribution is -2.13. The Balaban J connectivity index is 0. The molecule has 0 aromatic carbocycles. The van der Waals surface area contributed by atoms with Gasteiger partial charge in [0, 0.05) is 6.04 Å². The average Bonchev–Trinajstić information content (AvgIpc) is 2.76. The Bertz CT molecular complexity index is 350. The third-order valence-corrected chi connectivity index (χ3v) is 2.91. The molecule has 2 N–H and O–H groups in total. The molecule has 0 radical (unpaired) electrons. The van der Waals surface area contributed by atoms with Gasteiger partial charge in [-0.2, -0.15) is 0 Å². The molecule has 1 fully saturated rings. The summed E-state index contributed by atoms with van der Waals surface area (Å²) in [5.74, 6) is 0. The second kappa shape index (κ2) is 12.7. The van der Waals surface area contributed by atoms with E-state index in [9.17, 15) is 0 Å². The molecule has 1 aliphatic carbocycles. The van der Waals surface area contributed by atoms with Crippen LogP contribution in [0.5, 0.6) is 0 Å². The zero-order chi connectivity index (χ0) is 16.1. The molecule has 0 aliphatic heterocycles. The molecule has 1 saturated carbocycles. The van der Waals surface area contributed by atoms with Crippen molar-refractivity contribution >= 4 is 6.47 Å². The quantitative estimate of drug-likeness (QED) is 0.791. The Labute approximate surface area is 124 Å². The number of methoxy groups -OCH3 is 1. The highest BCUT2D eigenvalue weighted by Crippen LogP contribution is 2.30.